The first kappa shape index (κ1) is 14.9. The first-order valence-corrected chi connectivity index (χ1v) is 6.62. The van der Waals surface area contributed by atoms with E-state index in [4.69, 9.17) is 4.74 Å². The summed E-state index contributed by atoms with van der Waals surface area (Å²) in [5.41, 5.74) is 0.380. The highest BCUT2D eigenvalue weighted by Crippen LogP contribution is 2.28. The van der Waals surface area contributed by atoms with Crippen molar-refractivity contribution in [2.45, 2.75) is 0 Å². The van der Waals surface area contributed by atoms with E-state index in [0.29, 0.717) is 0 Å². The Balaban J connectivity index is 1.91. The van der Waals surface area contributed by atoms with Crippen molar-refractivity contribution in [1.29, 1.82) is 0 Å². The molecule has 116 valence electrons. The highest BCUT2D eigenvalue weighted by molar-refractivity contribution is 5.60. The third kappa shape index (κ3) is 3.26. The number of phenolic OH excluding ortho intramolecular Hbond substituents is 1. The molecule has 0 aliphatic heterocycles. The lowest BCUT2D eigenvalue weighted by Gasteiger charge is -2.08. The molecule has 23 heavy (non-hydrogen) atoms. The van der Waals surface area contributed by atoms with E-state index >= 15 is 0 Å². The van der Waals surface area contributed by atoms with Gasteiger partial charge in [-0.3, -0.25) is 0 Å². The van der Waals surface area contributed by atoms with E-state index in [9.17, 15) is 18.3 Å². The topological polar surface area (TPSA) is 42.4 Å². The zero-order valence-electron chi connectivity index (χ0n) is 11.6. The Morgan fingerprint density at radius 3 is 2.43 bits per heavy atom. The van der Waals surface area contributed by atoms with E-state index in [1.807, 2.05) is 0 Å². The minimum absolute atomic E-state index is 0.122. The highest BCUT2D eigenvalue weighted by atomic mass is 19.1. The first-order valence-electron chi connectivity index (χ1n) is 6.62. The molecule has 0 saturated heterocycles. The van der Waals surface area contributed by atoms with Crippen molar-refractivity contribution in [3.63, 3.8) is 0 Å². The lowest BCUT2D eigenvalue weighted by atomic mass is 10.1. The van der Waals surface area contributed by atoms with E-state index in [1.54, 1.807) is 12.1 Å². The summed E-state index contributed by atoms with van der Waals surface area (Å²) < 4.78 is 45.2. The third-order valence-corrected chi connectivity index (χ3v) is 3.07. The molecule has 3 rings (SSSR count). The van der Waals surface area contributed by atoms with E-state index in [-0.39, 0.29) is 22.9 Å². The van der Waals surface area contributed by atoms with Crippen molar-refractivity contribution in [3.05, 3.63) is 72.0 Å². The van der Waals surface area contributed by atoms with Crippen LogP contribution in [-0.2, 0) is 0 Å². The van der Waals surface area contributed by atoms with Gasteiger partial charge in [-0.05, 0) is 30.3 Å². The van der Waals surface area contributed by atoms with Crippen molar-refractivity contribution in [2.75, 3.05) is 0 Å². The smallest absolute Gasteiger partial charge is 0.219 e. The van der Waals surface area contributed by atoms with Crippen LogP contribution in [0.5, 0.6) is 17.4 Å². The van der Waals surface area contributed by atoms with Crippen LogP contribution in [0.25, 0.3) is 11.3 Å². The molecule has 0 bridgehead atoms. The molecule has 2 aromatic carbocycles. The quantitative estimate of drug-likeness (QED) is 0.763. The average molecular weight is 317 g/mol. The number of rotatable bonds is 3. The van der Waals surface area contributed by atoms with E-state index in [0.717, 1.165) is 24.3 Å². The second-order valence-electron chi connectivity index (χ2n) is 4.70. The minimum Gasteiger partial charge on any atom is -0.505 e. The van der Waals surface area contributed by atoms with Crippen molar-refractivity contribution < 1.29 is 23.0 Å². The van der Waals surface area contributed by atoms with Crippen LogP contribution in [0.4, 0.5) is 13.2 Å². The summed E-state index contributed by atoms with van der Waals surface area (Å²) in [6.45, 7) is 0. The van der Waals surface area contributed by atoms with Crippen LogP contribution in [0, 0.1) is 17.5 Å². The Labute approximate surface area is 129 Å². The van der Waals surface area contributed by atoms with E-state index in [2.05, 4.69) is 4.98 Å². The zero-order chi connectivity index (χ0) is 16.4. The van der Waals surface area contributed by atoms with Crippen LogP contribution in [0.1, 0.15) is 0 Å². The summed E-state index contributed by atoms with van der Waals surface area (Å²) >= 11 is 0. The van der Waals surface area contributed by atoms with Gasteiger partial charge in [0, 0.05) is 23.8 Å². The van der Waals surface area contributed by atoms with Gasteiger partial charge >= 0.3 is 0 Å². The standard InChI is InChI=1S/C17H10F3NO2/c18-10-4-6-12(14(20)8-10)15-2-1-3-17(21-15)23-11-5-7-13(19)16(22)9-11/h1-9,22H. The van der Waals surface area contributed by atoms with Gasteiger partial charge in [-0.25, -0.2) is 18.2 Å². The monoisotopic (exact) mass is 317 g/mol. The van der Waals surface area contributed by atoms with Gasteiger partial charge in [-0.1, -0.05) is 6.07 Å². The molecule has 0 amide bonds. The first-order chi connectivity index (χ1) is 11.0. The van der Waals surface area contributed by atoms with Gasteiger partial charge in [0.2, 0.25) is 5.88 Å². The molecule has 0 aliphatic carbocycles. The molecule has 1 aromatic heterocycles. The summed E-state index contributed by atoms with van der Waals surface area (Å²) in [6, 6.07) is 11.3. The Morgan fingerprint density at radius 2 is 1.70 bits per heavy atom. The molecule has 1 heterocycles. The molecule has 0 atom stereocenters. The summed E-state index contributed by atoms with van der Waals surface area (Å²) in [4.78, 5) is 4.12. The fourth-order valence-corrected chi connectivity index (χ4v) is 2.00. The molecule has 0 aliphatic rings. The Morgan fingerprint density at radius 1 is 0.870 bits per heavy atom. The summed E-state index contributed by atoms with van der Waals surface area (Å²) in [6.07, 6.45) is 0. The number of aromatic hydroxyl groups is 1. The van der Waals surface area contributed by atoms with Crippen LogP contribution in [0.2, 0.25) is 0 Å². The molecule has 3 aromatic rings. The molecule has 0 spiro atoms. The van der Waals surface area contributed by atoms with Crippen LogP contribution < -0.4 is 4.74 Å². The maximum atomic E-state index is 13.8. The molecular weight excluding hydrogens is 307 g/mol. The van der Waals surface area contributed by atoms with E-state index in [1.165, 1.54) is 18.2 Å². The van der Waals surface area contributed by atoms with Gasteiger partial charge < -0.3 is 9.84 Å². The summed E-state index contributed by atoms with van der Waals surface area (Å²) in [5.74, 6) is -2.45. The van der Waals surface area contributed by atoms with Crippen molar-refractivity contribution in [1.82, 2.24) is 4.98 Å². The Kier molecular flexibility index (Phi) is 3.89. The highest BCUT2D eigenvalue weighted by Gasteiger charge is 2.10. The van der Waals surface area contributed by atoms with Crippen LogP contribution in [0.3, 0.4) is 0 Å². The number of aromatic nitrogens is 1. The number of pyridine rings is 1. The van der Waals surface area contributed by atoms with Crippen LogP contribution in [-0.4, -0.2) is 10.1 Å². The van der Waals surface area contributed by atoms with Crippen LogP contribution in [0.15, 0.2) is 54.6 Å². The summed E-state index contributed by atoms with van der Waals surface area (Å²) in [7, 11) is 0. The molecule has 3 nitrogen and oxygen atoms in total. The molecule has 0 radical (unpaired) electrons. The van der Waals surface area contributed by atoms with Gasteiger partial charge in [0.1, 0.15) is 17.4 Å². The lowest BCUT2D eigenvalue weighted by Crippen LogP contribution is -1.93. The fourth-order valence-electron chi connectivity index (χ4n) is 2.00. The number of halogens is 3. The minimum atomic E-state index is -0.771. The predicted octanol–water partition coefficient (Wildman–Crippen LogP) is 4.66. The molecule has 0 unspecified atom stereocenters. The third-order valence-electron chi connectivity index (χ3n) is 3.07. The second-order valence-corrected chi connectivity index (χ2v) is 4.70. The maximum Gasteiger partial charge on any atom is 0.219 e. The molecule has 1 N–H and O–H groups in total. The number of phenols is 1. The number of nitrogens with zero attached hydrogens (tertiary/aromatic N) is 1. The largest absolute Gasteiger partial charge is 0.505 e. The maximum absolute atomic E-state index is 13.8. The number of benzene rings is 2. The lowest BCUT2D eigenvalue weighted by molar-refractivity contribution is 0.418. The van der Waals surface area contributed by atoms with Crippen molar-refractivity contribution >= 4 is 0 Å². The zero-order valence-corrected chi connectivity index (χ0v) is 11.6. The van der Waals surface area contributed by atoms with Gasteiger partial charge in [-0.2, -0.15) is 0 Å². The Bertz CT molecular complexity index is 868. The molecule has 0 saturated carbocycles. The average Bonchev–Trinajstić information content (AvgIpc) is 2.51. The molecule has 0 fully saturated rings. The van der Waals surface area contributed by atoms with Gasteiger partial charge in [0.05, 0.1) is 5.69 Å². The predicted molar refractivity (Wildman–Crippen MR) is 77.7 cm³/mol. The number of hydrogen-bond donors (Lipinski definition) is 1. The molecular formula is C17H10F3NO2. The SMILES string of the molecule is Oc1cc(Oc2cccc(-c3ccc(F)cc3F)n2)ccc1F. The number of ether oxygens (including phenoxy) is 1. The summed E-state index contributed by atoms with van der Waals surface area (Å²) in [5, 5.41) is 9.31. The van der Waals surface area contributed by atoms with Gasteiger partial charge in [0.25, 0.3) is 0 Å². The Hall–Kier alpha value is -3.02. The van der Waals surface area contributed by atoms with Crippen LogP contribution >= 0.6 is 0 Å². The van der Waals surface area contributed by atoms with Crippen molar-refractivity contribution in [2.24, 2.45) is 0 Å². The normalized spacial score (nSPS) is 10.6. The van der Waals surface area contributed by atoms with Gasteiger partial charge in [0.15, 0.2) is 11.6 Å². The van der Waals surface area contributed by atoms with E-state index < -0.39 is 23.2 Å². The second kappa shape index (κ2) is 6.00. The van der Waals surface area contributed by atoms with Crippen molar-refractivity contribution in [3.8, 4) is 28.6 Å². The van der Waals surface area contributed by atoms with Gasteiger partial charge in [-0.15, -0.1) is 0 Å². The fraction of sp³-hybridized carbons (Fsp3) is 0. The molecule has 6 heteroatoms. The number of hydrogen-bond acceptors (Lipinski definition) is 3.